The average molecular weight is 305 g/mol. The van der Waals surface area contributed by atoms with Crippen LogP contribution < -0.4 is 5.32 Å². The van der Waals surface area contributed by atoms with Crippen molar-refractivity contribution in [1.82, 2.24) is 5.32 Å². The summed E-state index contributed by atoms with van der Waals surface area (Å²) >= 11 is 0. The van der Waals surface area contributed by atoms with Crippen LogP contribution in [0.2, 0.25) is 0 Å². The first-order chi connectivity index (χ1) is 9.02. The van der Waals surface area contributed by atoms with Crippen LogP contribution in [-0.4, -0.2) is 26.0 Å². The molecule has 20 heavy (non-hydrogen) atoms. The van der Waals surface area contributed by atoms with Gasteiger partial charge < -0.3 is 5.32 Å². The molecular formula is C14H21F2NO2S. The second kappa shape index (κ2) is 5.77. The van der Waals surface area contributed by atoms with Crippen molar-refractivity contribution in [3.05, 3.63) is 34.9 Å². The minimum absolute atomic E-state index is 0.0328. The highest BCUT2D eigenvalue weighted by molar-refractivity contribution is 7.92. The fourth-order valence-electron chi connectivity index (χ4n) is 2.03. The van der Waals surface area contributed by atoms with Crippen molar-refractivity contribution in [1.29, 1.82) is 0 Å². The number of aryl methyl sites for hydroxylation is 1. The molecule has 0 heterocycles. The molecule has 1 aromatic rings. The average Bonchev–Trinajstić information content (AvgIpc) is 2.29. The Balaban J connectivity index is 3.46. The zero-order valence-corrected chi connectivity index (χ0v) is 13.2. The maximum atomic E-state index is 14.1. The van der Waals surface area contributed by atoms with E-state index in [-0.39, 0.29) is 11.1 Å². The highest BCUT2D eigenvalue weighted by Gasteiger charge is 2.40. The van der Waals surface area contributed by atoms with Crippen LogP contribution in [-0.2, 0) is 9.84 Å². The SMILES string of the molecule is CCNC(c1cc(F)c(C)cc1F)C(C)(C)S(C)(=O)=O. The summed E-state index contributed by atoms with van der Waals surface area (Å²) in [6.07, 6.45) is 1.10. The van der Waals surface area contributed by atoms with Crippen LogP contribution in [0, 0.1) is 18.6 Å². The second-order valence-electron chi connectivity index (χ2n) is 5.49. The summed E-state index contributed by atoms with van der Waals surface area (Å²) in [4.78, 5) is 0. The van der Waals surface area contributed by atoms with Gasteiger partial charge in [0.25, 0.3) is 0 Å². The largest absolute Gasteiger partial charge is 0.309 e. The molecule has 114 valence electrons. The van der Waals surface area contributed by atoms with Gasteiger partial charge in [-0.05, 0) is 45.0 Å². The molecule has 0 bridgehead atoms. The Labute approximate surface area is 119 Å². The zero-order valence-electron chi connectivity index (χ0n) is 12.4. The van der Waals surface area contributed by atoms with Gasteiger partial charge >= 0.3 is 0 Å². The molecule has 0 aliphatic carbocycles. The standard InChI is InChI=1S/C14H21F2NO2S/c1-6-17-13(14(3,4)20(5,18)19)10-8-11(15)9(2)7-12(10)16/h7-8,13,17H,6H2,1-5H3. The number of nitrogens with one attached hydrogen (secondary N) is 1. The summed E-state index contributed by atoms with van der Waals surface area (Å²) in [7, 11) is -3.46. The fourth-order valence-corrected chi connectivity index (χ4v) is 2.67. The molecule has 0 aromatic heterocycles. The van der Waals surface area contributed by atoms with Crippen LogP contribution in [0.5, 0.6) is 0 Å². The minimum Gasteiger partial charge on any atom is -0.309 e. The first-order valence-corrected chi connectivity index (χ1v) is 8.30. The van der Waals surface area contributed by atoms with Crippen LogP contribution in [0.25, 0.3) is 0 Å². The van der Waals surface area contributed by atoms with Crippen LogP contribution in [0.4, 0.5) is 8.78 Å². The third-order valence-electron chi connectivity index (χ3n) is 3.65. The molecule has 0 radical (unpaired) electrons. The molecule has 1 atom stereocenters. The molecule has 0 amide bonds. The Morgan fingerprint density at radius 2 is 1.80 bits per heavy atom. The molecule has 6 heteroatoms. The summed E-state index contributed by atoms with van der Waals surface area (Å²) in [5, 5.41) is 2.95. The molecule has 0 fully saturated rings. The number of halogens is 2. The van der Waals surface area contributed by atoms with E-state index in [1.807, 2.05) is 0 Å². The van der Waals surface area contributed by atoms with Gasteiger partial charge in [-0.25, -0.2) is 17.2 Å². The highest BCUT2D eigenvalue weighted by Crippen LogP contribution is 2.34. The van der Waals surface area contributed by atoms with Gasteiger partial charge in [0.1, 0.15) is 11.6 Å². The Morgan fingerprint density at radius 3 is 2.25 bits per heavy atom. The Morgan fingerprint density at radius 1 is 1.25 bits per heavy atom. The summed E-state index contributed by atoms with van der Waals surface area (Å²) in [6.45, 7) is 6.71. The van der Waals surface area contributed by atoms with Gasteiger partial charge in [-0.3, -0.25) is 0 Å². The lowest BCUT2D eigenvalue weighted by Gasteiger charge is -2.34. The van der Waals surface area contributed by atoms with Gasteiger partial charge in [0.15, 0.2) is 9.84 Å². The topological polar surface area (TPSA) is 46.2 Å². The quantitative estimate of drug-likeness (QED) is 0.910. The van der Waals surface area contributed by atoms with Crippen molar-refractivity contribution in [3.63, 3.8) is 0 Å². The summed E-state index contributed by atoms with van der Waals surface area (Å²) in [5.41, 5.74) is 0.226. The number of rotatable bonds is 5. The van der Waals surface area contributed by atoms with Gasteiger partial charge in [0.05, 0.1) is 10.8 Å². The van der Waals surface area contributed by atoms with Gasteiger partial charge in [0.2, 0.25) is 0 Å². The fraction of sp³-hybridized carbons (Fsp3) is 0.571. The van der Waals surface area contributed by atoms with Gasteiger partial charge in [-0.15, -0.1) is 0 Å². The smallest absolute Gasteiger partial charge is 0.154 e. The van der Waals surface area contributed by atoms with E-state index in [1.165, 1.54) is 20.8 Å². The van der Waals surface area contributed by atoms with E-state index >= 15 is 0 Å². The van der Waals surface area contributed by atoms with Crippen LogP contribution in [0.3, 0.4) is 0 Å². The van der Waals surface area contributed by atoms with E-state index in [9.17, 15) is 17.2 Å². The molecule has 0 spiro atoms. The lowest BCUT2D eigenvalue weighted by Crippen LogP contribution is -2.45. The van der Waals surface area contributed by atoms with E-state index in [2.05, 4.69) is 5.32 Å². The minimum atomic E-state index is -3.46. The molecular weight excluding hydrogens is 284 g/mol. The van der Waals surface area contributed by atoms with Crippen molar-refractivity contribution >= 4 is 9.84 Å². The molecule has 1 unspecified atom stereocenters. The normalized spacial score (nSPS) is 14.3. The van der Waals surface area contributed by atoms with Crippen LogP contribution in [0.1, 0.15) is 37.9 Å². The van der Waals surface area contributed by atoms with E-state index in [0.717, 1.165) is 18.4 Å². The first-order valence-electron chi connectivity index (χ1n) is 6.41. The highest BCUT2D eigenvalue weighted by atomic mass is 32.2. The first kappa shape index (κ1) is 17.0. The van der Waals surface area contributed by atoms with Crippen molar-refractivity contribution in [2.24, 2.45) is 0 Å². The maximum absolute atomic E-state index is 14.1. The summed E-state index contributed by atoms with van der Waals surface area (Å²) in [5.74, 6) is -1.15. The second-order valence-corrected chi connectivity index (χ2v) is 8.09. The number of hydrogen-bond acceptors (Lipinski definition) is 3. The zero-order chi connectivity index (χ0) is 15.7. The molecule has 0 saturated carbocycles. The molecule has 1 N–H and O–H groups in total. The van der Waals surface area contributed by atoms with Crippen molar-refractivity contribution in [2.45, 2.75) is 38.5 Å². The van der Waals surface area contributed by atoms with E-state index in [4.69, 9.17) is 0 Å². The van der Waals surface area contributed by atoms with Gasteiger partial charge in [-0.1, -0.05) is 6.92 Å². The van der Waals surface area contributed by atoms with Crippen LogP contribution in [0.15, 0.2) is 12.1 Å². The third kappa shape index (κ3) is 3.17. The predicted octanol–water partition coefficient (Wildman–Crippen LogP) is 2.75. The van der Waals surface area contributed by atoms with E-state index in [0.29, 0.717) is 6.54 Å². The molecule has 1 aromatic carbocycles. The van der Waals surface area contributed by atoms with Crippen LogP contribution >= 0.6 is 0 Å². The molecule has 0 aliphatic rings. The lowest BCUT2D eigenvalue weighted by molar-refractivity contribution is 0.411. The molecule has 3 nitrogen and oxygen atoms in total. The van der Waals surface area contributed by atoms with E-state index < -0.39 is 32.3 Å². The third-order valence-corrected chi connectivity index (χ3v) is 5.80. The van der Waals surface area contributed by atoms with Gasteiger partial charge in [-0.2, -0.15) is 0 Å². The maximum Gasteiger partial charge on any atom is 0.154 e. The number of hydrogen-bond donors (Lipinski definition) is 1. The van der Waals surface area contributed by atoms with Gasteiger partial charge in [0, 0.05) is 11.8 Å². The molecule has 0 aliphatic heterocycles. The summed E-state index contributed by atoms with van der Waals surface area (Å²) in [6, 6.07) is 1.34. The number of sulfone groups is 1. The monoisotopic (exact) mass is 305 g/mol. The Kier molecular flexibility index (Phi) is 4.92. The van der Waals surface area contributed by atoms with Crippen molar-refractivity contribution in [3.8, 4) is 0 Å². The Bertz CT molecular complexity index is 597. The van der Waals surface area contributed by atoms with Crippen molar-refractivity contribution < 1.29 is 17.2 Å². The molecule has 1 rings (SSSR count). The van der Waals surface area contributed by atoms with Crippen molar-refractivity contribution in [2.75, 3.05) is 12.8 Å². The predicted molar refractivity (Wildman–Crippen MR) is 76.4 cm³/mol. The van der Waals surface area contributed by atoms with E-state index in [1.54, 1.807) is 6.92 Å². The lowest BCUT2D eigenvalue weighted by atomic mass is 9.93. The Hall–Kier alpha value is -1.01. The summed E-state index contributed by atoms with van der Waals surface area (Å²) < 4.78 is 50.5. The molecule has 0 saturated heterocycles. The number of benzene rings is 1.